The van der Waals surface area contributed by atoms with Crippen LogP contribution in [0.4, 0.5) is 5.69 Å². The second kappa shape index (κ2) is 17.8. The summed E-state index contributed by atoms with van der Waals surface area (Å²) >= 11 is 0. The third-order valence-electron chi connectivity index (χ3n) is 14.5. The number of ether oxygens (including phenoxy) is 3. The standard InChI is InChI=1S/C67H65NO5/c1-15-17-40-34-50(38(2)3)62(51(35-40)39(4)5)68-63(69)52-36-55(72-45-28-22-42(23-29-45)66(9,10)11)59-48-19-16-18-47-54(71-44-26-20-41(21-27-44)65(6,7)8)33-32-49(57(47)48)60-56(37-53(64(68)70)58(52)61(59)60)73-46-30-24-43(25-31-46)67(12,13)14/h16,18-39H,1-14H3. The Hall–Kier alpha value is -7.62. The van der Waals surface area contributed by atoms with Crippen molar-refractivity contribution in [1.82, 2.24) is 0 Å². The second-order valence-corrected chi connectivity index (χ2v) is 23.4. The van der Waals surface area contributed by atoms with Crippen molar-refractivity contribution in [1.29, 1.82) is 0 Å². The fraction of sp³-hybridized carbons (Fsp3) is 0.284. The van der Waals surface area contributed by atoms with Crippen LogP contribution < -0.4 is 19.1 Å². The summed E-state index contributed by atoms with van der Waals surface area (Å²) in [5.74, 6) is 9.01. The lowest BCUT2D eigenvalue weighted by molar-refractivity contribution is 0.0892. The third-order valence-corrected chi connectivity index (χ3v) is 14.5. The molecule has 6 heteroatoms. The summed E-state index contributed by atoms with van der Waals surface area (Å²) in [6.45, 7) is 29.9. The molecule has 1 aliphatic heterocycles. The Labute approximate surface area is 430 Å². The molecule has 0 unspecified atom stereocenters. The average molecular weight is 964 g/mol. The van der Waals surface area contributed by atoms with Gasteiger partial charge in [-0.25, -0.2) is 4.90 Å². The van der Waals surface area contributed by atoms with Crippen LogP contribution in [-0.4, -0.2) is 11.8 Å². The van der Waals surface area contributed by atoms with Gasteiger partial charge in [-0.1, -0.05) is 151 Å². The van der Waals surface area contributed by atoms with Crippen molar-refractivity contribution in [3.63, 3.8) is 0 Å². The van der Waals surface area contributed by atoms with Crippen LogP contribution in [0.15, 0.2) is 127 Å². The van der Waals surface area contributed by atoms with E-state index in [-0.39, 0.29) is 28.1 Å². The van der Waals surface area contributed by atoms with Crippen molar-refractivity contribution in [3.8, 4) is 46.3 Å². The maximum absolute atomic E-state index is 15.9. The predicted octanol–water partition coefficient (Wildman–Crippen LogP) is 18.4. The molecule has 10 rings (SSSR count). The van der Waals surface area contributed by atoms with Gasteiger partial charge < -0.3 is 14.2 Å². The molecular weight excluding hydrogens is 899 g/mol. The third kappa shape index (κ3) is 8.63. The van der Waals surface area contributed by atoms with Gasteiger partial charge in [-0.15, -0.1) is 5.92 Å². The van der Waals surface area contributed by atoms with Gasteiger partial charge in [0.05, 0.1) is 16.8 Å². The summed E-state index contributed by atoms with van der Waals surface area (Å²) in [6.07, 6.45) is 0. The fourth-order valence-electron chi connectivity index (χ4n) is 10.5. The number of carbonyl (C=O) groups is 2. The van der Waals surface area contributed by atoms with Crippen molar-refractivity contribution >= 4 is 60.6 Å². The number of hydrogen-bond acceptors (Lipinski definition) is 5. The number of imide groups is 1. The average Bonchev–Trinajstić information content (AvgIpc) is 3.33. The van der Waals surface area contributed by atoms with Gasteiger partial charge in [-0.05, 0) is 146 Å². The summed E-state index contributed by atoms with van der Waals surface area (Å²) < 4.78 is 21.0. The van der Waals surface area contributed by atoms with E-state index in [0.717, 1.165) is 54.8 Å². The summed E-state index contributed by atoms with van der Waals surface area (Å²) in [4.78, 5) is 33.1. The molecule has 0 N–H and O–H groups in total. The first-order chi connectivity index (χ1) is 34.5. The van der Waals surface area contributed by atoms with Crippen molar-refractivity contribution < 1.29 is 23.8 Å². The van der Waals surface area contributed by atoms with Crippen molar-refractivity contribution in [3.05, 3.63) is 172 Å². The van der Waals surface area contributed by atoms with Gasteiger partial charge in [0, 0.05) is 37.9 Å². The number of rotatable bonds is 9. The summed E-state index contributed by atoms with van der Waals surface area (Å²) in [6, 6.07) is 42.8. The van der Waals surface area contributed by atoms with E-state index in [4.69, 9.17) is 14.2 Å². The molecule has 0 atom stereocenters. The molecule has 0 saturated heterocycles. The zero-order valence-electron chi connectivity index (χ0n) is 44.8. The second-order valence-electron chi connectivity index (χ2n) is 23.4. The minimum atomic E-state index is -0.419. The number of fused-ring (bicyclic) bond motifs is 2. The number of anilines is 1. The Morgan fingerprint density at radius 3 is 1.23 bits per heavy atom. The molecule has 0 radical (unpaired) electrons. The smallest absolute Gasteiger partial charge is 0.266 e. The number of hydrogen-bond donors (Lipinski definition) is 0. The molecule has 9 aromatic rings. The van der Waals surface area contributed by atoms with Gasteiger partial charge in [-0.3, -0.25) is 9.59 Å². The maximum atomic E-state index is 15.9. The monoisotopic (exact) mass is 963 g/mol. The van der Waals surface area contributed by atoms with Crippen LogP contribution in [0.1, 0.15) is 163 Å². The molecule has 1 heterocycles. The zero-order chi connectivity index (χ0) is 52.1. The van der Waals surface area contributed by atoms with Crippen molar-refractivity contribution in [2.45, 2.75) is 125 Å². The number of benzene rings is 9. The molecule has 0 aromatic heterocycles. The number of carbonyl (C=O) groups excluding carboxylic acids is 2. The molecular formula is C67H65NO5. The highest BCUT2D eigenvalue weighted by atomic mass is 16.5. The van der Waals surface area contributed by atoms with Crippen LogP contribution >= 0.6 is 0 Å². The molecule has 0 saturated carbocycles. The zero-order valence-corrected chi connectivity index (χ0v) is 44.8. The Bertz CT molecular complexity index is 3570. The van der Waals surface area contributed by atoms with E-state index in [1.165, 1.54) is 21.6 Å². The van der Waals surface area contributed by atoms with Crippen LogP contribution in [-0.2, 0) is 16.2 Å². The largest absolute Gasteiger partial charge is 0.457 e. The molecule has 0 spiro atoms. The van der Waals surface area contributed by atoms with Gasteiger partial charge in [0.15, 0.2) is 0 Å². The van der Waals surface area contributed by atoms with Crippen LogP contribution in [0.3, 0.4) is 0 Å². The first-order valence-electron chi connectivity index (χ1n) is 25.6. The molecule has 2 amide bonds. The summed E-state index contributed by atoms with van der Waals surface area (Å²) in [5, 5.41) is 6.41. The van der Waals surface area contributed by atoms with Crippen LogP contribution in [0, 0.1) is 11.8 Å². The van der Waals surface area contributed by atoms with Gasteiger partial charge in [-0.2, -0.15) is 0 Å². The highest BCUT2D eigenvalue weighted by Crippen LogP contribution is 2.54. The quantitative estimate of drug-likeness (QED) is 0.0624. The Morgan fingerprint density at radius 2 is 0.836 bits per heavy atom. The first kappa shape index (κ1) is 49.0. The fourth-order valence-corrected chi connectivity index (χ4v) is 10.5. The van der Waals surface area contributed by atoms with Crippen LogP contribution in [0.25, 0.3) is 43.1 Å². The van der Waals surface area contributed by atoms with Crippen LogP contribution in [0.2, 0.25) is 0 Å². The lowest BCUT2D eigenvalue weighted by atomic mass is 9.82. The Morgan fingerprint density at radius 1 is 0.438 bits per heavy atom. The summed E-state index contributed by atoms with van der Waals surface area (Å²) in [7, 11) is 0. The summed E-state index contributed by atoms with van der Waals surface area (Å²) in [5.41, 5.74) is 7.31. The normalized spacial score (nSPS) is 13.2. The molecule has 0 bridgehead atoms. The molecule has 368 valence electrons. The van der Waals surface area contributed by atoms with E-state index in [1.54, 1.807) is 0 Å². The van der Waals surface area contributed by atoms with Crippen molar-refractivity contribution in [2.24, 2.45) is 0 Å². The molecule has 9 aromatic carbocycles. The van der Waals surface area contributed by atoms with Gasteiger partial charge >= 0.3 is 0 Å². The Balaban J connectivity index is 1.31. The van der Waals surface area contributed by atoms with Crippen molar-refractivity contribution in [2.75, 3.05) is 4.90 Å². The lowest BCUT2D eigenvalue weighted by Gasteiger charge is -2.34. The lowest BCUT2D eigenvalue weighted by Crippen LogP contribution is -2.42. The maximum Gasteiger partial charge on any atom is 0.266 e. The molecule has 0 aliphatic carbocycles. The highest BCUT2D eigenvalue weighted by Gasteiger charge is 2.40. The number of nitrogens with zero attached hydrogens (tertiary/aromatic N) is 1. The van der Waals surface area contributed by atoms with E-state index >= 15 is 9.59 Å². The highest BCUT2D eigenvalue weighted by molar-refractivity contribution is 6.44. The van der Waals surface area contributed by atoms with E-state index in [0.29, 0.717) is 56.3 Å². The van der Waals surface area contributed by atoms with E-state index in [1.807, 2.05) is 79.7 Å². The van der Waals surface area contributed by atoms with Gasteiger partial charge in [0.2, 0.25) is 0 Å². The van der Waals surface area contributed by atoms with Gasteiger partial charge in [0.25, 0.3) is 11.8 Å². The van der Waals surface area contributed by atoms with E-state index < -0.39 is 11.8 Å². The molecule has 0 fully saturated rings. The number of amides is 2. The SMILES string of the molecule is CC#Cc1cc(C(C)C)c(N2C(=O)c3cc(Oc4ccc(C(C)(C)C)cc4)c4c5cccc6c(Oc7ccc(C(C)(C)C)cc7)ccc(c7c(Oc8ccc(C(C)(C)C)cc8)cc(c3c47)C2=O)c65)c(C(C)C)c1. The Kier molecular flexibility index (Phi) is 12.0. The molecule has 73 heavy (non-hydrogen) atoms. The molecule has 6 nitrogen and oxygen atoms in total. The van der Waals surface area contributed by atoms with E-state index in [2.05, 4.69) is 156 Å². The minimum absolute atomic E-state index is 0.00668. The topological polar surface area (TPSA) is 65.1 Å². The van der Waals surface area contributed by atoms with E-state index in [9.17, 15) is 0 Å². The predicted molar refractivity (Wildman–Crippen MR) is 302 cm³/mol. The minimum Gasteiger partial charge on any atom is -0.457 e. The van der Waals surface area contributed by atoms with Crippen LogP contribution in [0.5, 0.6) is 34.5 Å². The molecule has 1 aliphatic rings. The van der Waals surface area contributed by atoms with Gasteiger partial charge in [0.1, 0.15) is 34.5 Å². The first-order valence-corrected chi connectivity index (χ1v) is 25.6.